The van der Waals surface area contributed by atoms with E-state index in [0.717, 1.165) is 66.7 Å². The van der Waals surface area contributed by atoms with Crippen LogP contribution < -0.4 is 5.49 Å². The molecule has 0 spiro atoms. The van der Waals surface area contributed by atoms with Gasteiger partial charge in [0.1, 0.15) is 11.2 Å². The van der Waals surface area contributed by atoms with Gasteiger partial charge in [0.2, 0.25) is 6.41 Å². The van der Waals surface area contributed by atoms with Gasteiger partial charge < -0.3 is 4.90 Å². The van der Waals surface area contributed by atoms with Gasteiger partial charge >= 0.3 is 0 Å². The predicted octanol–water partition coefficient (Wildman–Crippen LogP) is 3.49. The Hall–Kier alpha value is -3.06. The van der Waals surface area contributed by atoms with Gasteiger partial charge in [-0.1, -0.05) is 12.1 Å². The number of piperidine rings is 1. The molecule has 0 unspecified atom stereocenters. The van der Waals surface area contributed by atoms with Crippen LogP contribution in [0.4, 0.5) is 0 Å². The lowest BCUT2D eigenvalue weighted by Gasteiger charge is -2.32. The van der Waals surface area contributed by atoms with Gasteiger partial charge in [-0.25, -0.2) is 9.51 Å². The van der Waals surface area contributed by atoms with Crippen LogP contribution in [0.1, 0.15) is 61.2 Å². The highest BCUT2D eigenvalue weighted by Crippen LogP contribution is 2.34. The molecule has 0 radical (unpaired) electrons. The van der Waals surface area contributed by atoms with Crippen molar-refractivity contribution in [3.05, 3.63) is 64.8 Å². The van der Waals surface area contributed by atoms with Crippen molar-refractivity contribution >= 4 is 17.6 Å². The summed E-state index contributed by atoms with van der Waals surface area (Å²) in [5, 5.41) is 4.69. The number of likely N-dealkylation sites (tertiary alicyclic amines) is 1. The van der Waals surface area contributed by atoms with Crippen molar-refractivity contribution in [2.24, 2.45) is 4.99 Å². The van der Waals surface area contributed by atoms with Crippen LogP contribution in [0.2, 0.25) is 0 Å². The molecule has 166 valence electrons. The predicted molar refractivity (Wildman–Crippen MR) is 125 cm³/mol. The van der Waals surface area contributed by atoms with Gasteiger partial charge in [-0.2, -0.15) is 5.10 Å². The third kappa shape index (κ3) is 4.05. The van der Waals surface area contributed by atoms with Crippen LogP contribution in [0, 0.1) is 13.8 Å². The molecule has 32 heavy (non-hydrogen) atoms. The minimum absolute atomic E-state index is 0.503. The van der Waals surface area contributed by atoms with E-state index in [9.17, 15) is 4.79 Å². The fourth-order valence-electron chi connectivity index (χ4n) is 4.79. The van der Waals surface area contributed by atoms with Gasteiger partial charge in [-0.15, -0.1) is 0 Å². The molecular formula is C25H30N6O. The number of rotatable bonds is 5. The Kier molecular flexibility index (Phi) is 5.51. The molecule has 1 saturated heterocycles. The first-order chi connectivity index (χ1) is 15.6. The molecule has 1 aliphatic heterocycles. The molecule has 2 fully saturated rings. The number of nitrogens with zero attached hydrogens (tertiary/aromatic N) is 6. The molecule has 0 atom stereocenters. The van der Waals surface area contributed by atoms with Crippen LogP contribution in [-0.4, -0.2) is 49.6 Å². The van der Waals surface area contributed by atoms with Crippen molar-refractivity contribution < 1.29 is 4.79 Å². The molecular weight excluding hydrogens is 400 g/mol. The quantitative estimate of drug-likeness (QED) is 0.581. The fourth-order valence-corrected chi connectivity index (χ4v) is 4.79. The third-order valence-electron chi connectivity index (χ3n) is 6.69. The summed E-state index contributed by atoms with van der Waals surface area (Å²) in [5.41, 5.74) is 6.12. The maximum absolute atomic E-state index is 11.9. The average molecular weight is 431 g/mol. The van der Waals surface area contributed by atoms with Gasteiger partial charge in [-0.3, -0.25) is 14.3 Å². The van der Waals surface area contributed by atoms with Crippen molar-refractivity contribution in [3.63, 3.8) is 0 Å². The van der Waals surface area contributed by atoms with Gasteiger partial charge in [0.05, 0.1) is 28.8 Å². The number of carbonyl (C=O) groups excluding carboxylic acids is 1. The Morgan fingerprint density at radius 2 is 1.91 bits per heavy atom. The Bertz CT molecular complexity index is 1260. The Balaban J connectivity index is 1.43. The monoisotopic (exact) mass is 430 g/mol. The van der Waals surface area contributed by atoms with Crippen molar-refractivity contribution in [2.75, 3.05) is 13.1 Å². The summed E-state index contributed by atoms with van der Waals surface area (Å²) in [6.45, 7) is 8.19. The molecule has 3 aromatic rings. The summed E-state index contributed by atoms with van der Waals surface area (Å²) in [6, 6.07) is 6.91. The minimum atomic E-state index is 0.503. The van der Waals surface area contributed by atoms with Gasteiger partial charge in [-0.05, 0) is 83.2 Å². The number of aromatic nitrogens is 4. The first-order valence-corrected chi connectivity index (χ1v) is 11.5. The average Bonchev–Trinajstić information content (AvgIpc) is 3.57. The van der Waals surface area contributed by atoms with E-state index >= 15 is 0 Å². The SMILES string of the molecule is C/C=C(\N=c1ccc(C2CCN(C3CC3)CC2)cn1C=O)c1cc2c(C)nc(C)cn2n1. The summed E-state index contributed by atoms with van der Waals surface area (Å²) in [4.78, 5) is 23.8. The zero-order valence-corrected chi connectivity index (χ0v) is 19.0. The van der Waals surface area contributed by atoms with Crippen molar-refractivity contribution in [2.45, 2.75) is 58.4 Å². The molecule has 1 saturated carbocycles. The van der Waals surface area contributed by atoms with E-state index in [1.54, 1.807) is 4.57 Å². The molecule has 2 aliphatic rings. The highest BCUT2D eigenvalue weighted by atomic mass is 16.1. The number of hydrogen-bond donors (Lipinski definition) is 0. The molecule has 5 rings (SSSR count). The summed E-state index contributed by atoms with van der Waals surface area (Å²) in [7, 11) is 0. The van der Waals surface area contributed by atoms with E-state index in [1.165, 1.54) is 18.4 Å². The molecule has 1 aliphatic carbocycles. The normalized spacial score (nSPS) is 19.1. The summed E-state index contributed by atoms with van der Waals surface area (Å²) >= 11 is 0. The van der Waals surface area contributed by atoms with E-state index < -0.39 is 0 Å². The lowest BCUT2D eigenvalue weighted by atomic mass is 9.90. The number of fused-ring (bicyclic) bond motifs is 1. The Morgan fingerprint density at radius 3 is 2.59 bits per heavy atom. The van der Waals surface area contributed by atoms with Crippen molar-refractivity contribution in [1.29, 1.82) is 0 Å². The van der Waals surface area contributed by atoms with Crippen LogP contribution >= 0.6 is 0 Å². The standard InChI is InChI=1S/C25H30N6O/c1-4-22(23-13-24-18(3)26-17(2)14-31(24)28-23)27-25-8-5-20(15-30(25)16-32)19-9-11-29(12-10-19)21-6-7-21/h4-5,8,13-16,19,21H,6-7,9-12H2,1-3H3/b22-4-,27-25?. The highest BCUT2D eigenvalue weighted by molar-refractivity contribution is 5.67. The second-order valence-electron chi connectivity index (χ2n) is 8.99. The maximum atomic E-state index is 11.9. The number of carbonyl (C=O) groups is 1. The third-order valence-corrected chi connectivity index (χ3v) is 6.69. The van der Waals surface area contributed by atoms with E-state index in [0.29, 0.717) is 11.4 Å². The van der Waals surface area contributed by atoms with Crippen molar-refractivity contribution in [1.82, 2.24) is 24.1 Å². The topological polar surface area (TPSA) is 67.8 Å². The van der Waals surface area contributed by atoms with E-state index in [2.05, 4.69) is 21.0 Å². The maximum Gasteiger partial charge on any atom is 0.219 e. The largest absolute Gasteiger partial charge is 0.300 e. The fraction of sp³-hybridized carbons (Fsp3) is 0.440. The Morgan fingerprint density at radius 1 is 1.12 bits per heavy atom. The molecule has 0 bridgehead atoms. The van der Waals surface area contributed by atoms with Crippen LogP contribution in [0.15, 0.2) is 41.7 Å². The summed E-state index contributed by atoms with van der Waals surface area (Å²) in [6.07, 6.45) is 11.7. The number of pyridine rings is 1. The molecule has 0 aromatic carbocycles. The number of allylic oxidation sites excluding steroid dienone is 1. The molecule has 7 heteroatoms. The van der Waals surface area contributed by atoms with E-state index in [1.807, 2.05) is 55.9 Å². The summed E-state index contributed by atoms with van der Waals surface area (Å²) in [5.74, 6) is 0.503. The molecule has 0 N–H and O–H groups in total. The van der Waals surface area contributed by atoms with Gasteiger partial charge in [0.25, 0.3) is 0 Å². The molecule has 0 amide bonds. The number of hydrogen-bond acceptors (Lipinski definition) is 5. The van der Waals surface area contributed by atoms with E-state index in [-0.39, 0.29) is 0 Å². The highest BCUT2D eigenvalue weighted by Gasteiger charge is 2.32. The molecule has 7 nitrogen and oxygen atoms in total. The molecule has 3 aromatic heterocycles. The first-order valence-electron chi connectivity index (χ1n) is 11.5. The van der Waals surface area contributed by atoms with Crippen molar-refractivity contribution in [3.8, 4) is 0 Å². The van der Waals surface area contributed by atoms with E-state index in [4.69, 9.17) is 4.99 Å². The zero-order valence-electron chi connectivity index (χ0n) is 19.0. The second kappa shape index (κ2) is 8.47. The smallest absolute Gasteiger partial charge is 0.219 e. The number of aryl methyl sites for hydroxylation is 2. The van der Waals surface area contributed by atoms with Crippen LogP contribution in [0.5, 0.6) is 0 Å². The zero-order chi connectivity index (χ0) is 22.2. The van der Waals surface area contributed by atoms with Gasteiger partial charge in [0, 0.05) is 12.2 Å². The van der Waals surface area contributed by atoms with Crippen LogP contribution in [-0.2, 0) is 4.79 Å². The first kappa shape index (κ1) is 20.8. The summed E-state index contributed by atoms with van der Waals surface area (Å²) < 4.78 is 3.44. The van der Waals surface area contributed by atoms with Crippen LogP contribution in [0.3, 0.4) is 0 Å². The molecule has 4 heterocycles. The van der Waals surface area contributed by atoms with Crippen LogP contribution in [0.25, 0.3) is 11.2 Å². The lowest BCUT2D eigenvalue weighted by Crippen LogP contribution is -2.34. The Labute approximate surface area is 188 Å². The minimum Gasteiger partial charge on any atom is -0.300 e. The lowest BCUT2D eigenvalue weighted by molar-refractivity contribution is 0.203. The van der Waals surface area contributed by atoms with Gasteiger partial charge in [0.15, 0.2) is 0 Å². The second-order valence-corrected chi connectivity index (χ2v) is 8.99.